The predicted molar refractivity (Wildman–Crippen MR) is 132 cm³/mol. The number of carbonyl (C=O) groups excluding carboxylic acids is 2. The summed E-state index contributed by atoms with van der Waals surface area (Å²) in [6.45, 7) is 1.62. The van der Waals surface area contributed by atoms with Gasteiger partial charge in [0.25, 0.3) is 5.82 Å². The molecule has 0 aliphatic rings. The standard InChI is InChI=1S/C26H28ClN5O2/c1-17(33)8-4-2-7-11-22(26-28-16-24(30-26)18-9-5-3-6-10-18)29-25(34)15-23-20-14-19(27)12-13-21(20)31-32-23/h3,5-6,9-10,12-14,16,22H,2,4,7-8,11,15H2,1H3,(H,28,30)(H,29,34)(H,31,32)/p+1/t22-/m0/s1. The lowest BCUT2D eigenvalue weighted by Gasteiger charge is -2.14. The molecule has 2 aromatic carbocycles. The van der Waals surface area contributed by atoms with Crippen molar-refractivity contribution in [3.63, 3.8) is 0 Å². The average Bonchev–Trinajstić information content (AvgIpc) is 3.46. The number of Topliss-reactive ketones (excluding diaryl/α,β-unsaturated/α-hetero) is 1. The van der Waals surface area contributed by atoms with Crippen LogP contribution >= 0.6 is 11.6 Å². The van der Waals surface area contributed by atoms with Gasteiger partial charge in [-0.3, -0.25) is 9.89 Å². The number of ketones is 1. The Kier molecular flexibility index (Phi) is 7.75. The van der Waals surface area contributed by atoms with E-state index in [1.807, 2.05) is 48.7 Å². The molecule has 1 amide bonds. The molecule has 1 atom stereocenters. The van der Waals surface area contributed by atoms with Crippen LogP contribution in [0.15, 0.2) is 54.7 Å². The highest BCUT2D eigenvalue weighted by atomic mass is 35.5. The molecule has 0 saturated carbocycles. The highest BCUT2D eigenvalue weighted by Crippen LogP contribution is 2.23. The first kappa shape index (κ1) is 23.7. The SMILES string of the molecule is CC(=O)CCCCC[C@H](NC(=O)Cc1[nH]nc2ccc(Cl)cc12)c1[nH]c(-c2ccccc2)c[nH+]1. The lowest BCUT2D eigenvalue weighted by atomic mass is 10.0. The van der Waals surface area contributed by atoms with Crippen LogP contribution in [-0.2, 0) is 16.0 Å². The minimum atomic E-state index is -0.208. The van der Waals surface area contributed by atoms with E-state index in [-0.39, 0.29) is 24.2 Å². The number of amides is 1. The lowest BCUT2D eigenvalue weighted by Crippen LogP contribution is -2.33. The maximum absolute atomic E-state index is 13.0. The third kappa shape index (κ3) is 6.11. The lowest BCUT2D eigenvalue weighted by molar-refractivity contribution is -0.391. The average molecular weight is 479 g/mol. The number of H-pyrrole nitrogens is 3. The molecule has 0 aliphatic heterocycles. The second-order valence-electron chi connectivity index (χ2n) is 8.57. The Morgan fingerprint density at radius 2 is 1.94 bits per heavy atom. The zero-order valence-corrected chi connectivity index (χ0v) is 19.9. The minimum absolute atomic E-state index is 0.108. The number of aromatic amines is 3. The summed E-state index contributed by atoms with van der Waals surface area (Å²) in [5.74, 6) is 0.946. The fourth-order valence-electron chi connectivity index (χ4n) is 4.09. The normalized spacial score (nSPS) is 12.1. The van der Waals surface area contributed by atoms with Crippen molar-refractivity contribution in [2.24, 2.45) is 0 Å². The number of hydrogen-bond acceptors (Lipinski definition) is 3. The number of nitrogens with zero attached hydrogens (tertiary/aromatic N) is 1. The Labute approximate surface area is 203 Å². The molecule has 34 heavy (non-hydrogen) atoms. The Morgan fingerprint density at radius 1 is 1.12 bits per heavy atom. The molecule has 0 unspecified atom stereocenters. The molecule has 0 spiro atoms. The number of rotatable bonds is 11. The monoisotopic (exact) mass is 478 g/mol. The minimum Gasteiger partial charge on any atom is -0.342 e. The smallest absolute Gasteiger partial charge is 0.275 e. The molecule has 0 radical (unpaired) electrons. The summed E-state index contributed by atoms with van der Waals surface area (Å²) >= 11 is 6.13. The number of imidazole rings is 1. The van der Waals surface area contributed by atoms with E-state index in [2.05, 4.69) is 25.5 Å². The van der Waals surface area contributed by atoms with Crippen LogP contribution in [0.1, 0.15) is 56.6 Å². The van der Waals surface area contributed by atoms with Crippen LogP contribution in [0.3, 0.4) is 0 Å². The zero-order valence-electron chi connectivity index (χ0n) is 19.2. The summed E-state index contributed by atoms with van der Waals surface area (Å²) in [6.07, 6.45) is 6.13. The highest BCUT2D eigenvalue weighted by Gasteiger charge is 2.24. The predicted octanol–water partition coefficient (Wildman–Crippen LogP) is 4.97. The molecule has 0 fully saturated rings. The molecular weight excluding hydrogens is 450 g/mol. The topological polar surface area (TPSA) is 105 Å². The van der Waals surface area contributed by atoms with Crippen LogP contribution < -0.4 is 10.3 Å². The molecule has 176 valence electrons. The maximum Gasteiger partial charge on any atom is 0.275 e. The summed E-state index contributed by atoms with van der Waals surface area (Å²) < 4.78 is 0. The van der Waals surface area contributed by atoms with Crippen molar-refractivity contribution in [2.75, 3.05) is 0 Å². The largest absolute Gasteiger partial charge is 0.342 e. The second kappa shape index (κ2) is 11.1. The van der Waals surface area contributed by atoms with Gasteiger partial charge in [0.15, 0.2) is 5.69 Å². The zero-order chi connectivity index (χ0) is 23.9. The summed E-state index contributed by atoms with van der Waals surface area (Å²) in [5, 5.41) is 11.9. The number of unbranched alkanes of at least 4 members (excludes halogenated alkanes) is 2. The molecule has 4 rings (SSSR count). The second-order valence-corrected chi connectivity index (χ2v) is 9.01. The summed E-state index contributed by atoms with van der Waals surface area (Å²) in [6, 6.07) is 15.3. The van der Waals surface area contributed by atoms with Crippen molar-refractivity contribution in [3.8, 4) is 11.3 Å². The first-order chi connectivity index (χ1) is 16.5. The molecule has 0 bridgehead atoms. The summed E-state index contributed by atoms with van der Waals surface area (Å²) in [7, 11) is 0. The highest BCUT2D eigenvalue weighted by molar-refractivity contribution is 6.31. The van der Waals surface area contributed by atoms with Crippen LogP contribution in [0.4, 0.5) is 0 Å². The molecule has 4 N–H and O–H groups in total. The van der Waals surface area contributed by atoms with E-state index in [1.54, 1.807) is 13.0 Å². The number of carbonyl (C=O) groups is 2. The Morgan fingerprint density at radius 3 is 2.74 bits per heavy atom. The molecule has 8 heteroatoms. The van der Waals surface area contributed by atoms with Gasteiger partial charge in [-0.2, -0.15) is 5.10 Å². The number of aromatic nitrogens is 4. The quantitative estimate of drug-likeness (QED) is 0.265. The van der Waals surface area contributed by atoms with Gasteiger partial charge in [-0.15, -0.1) is 0 Å². The fourth-order valence-corrected chi connectivity index (χ4v) is 4.26. The Bertz CT molecular complexity index is 1260. The Hall–Kier alpha value is -3.45. The van der Waals surface area contributed by atoms with Crippen molar-refractivity contribution in [3.05, 3.63) is 71.3 Å². The molecular formula is C26H29ClN5O2+. The molecule has 7 nitrogen and oxygen atoms in total. The van der Waals surface area contributed by atoms with Crippen molar-refractivity contribution in [1.82, 2.24) is 20.5 Å². The maximum atomic E-state index is 13.0. The first-order valence-corrected chi connectivity index (χ1v) is 11.9. The number of halogens is 1. The third-order valence-electron chi connectivity index (χ3n) is 5.86. The van der Waals surface area contributed by atoms with Crippen molar-refractivity contribution in [1.29, 1.82) is 0 Å². The van der Waals surface area contributed by atoms with Crippen LogP contribution in [0.25, 0.3) is 22.2 Å². The van der Waals surface area contributed by atoms with E-state index in [1.165, 1.54) is 0 Å². The van der Waals surface area contributed by atoms with E-state index < -0.39 is 0 Å². The molecule has 0 aliphatic carbocycles. The van der Waals surface area contributed by atoms with E-state index in [9.17, 15) is 9.59 Å². The number of nitrogens with one attached hydrogen (secondary N) is 4. The molecule has 2 aromatic heterocycles. The van der Waals surface area contributed by atoms with Gasteiger partial charge in [0, 0.05) is 22.4 Å². The van der Waals surface area contributed by atoms with Gasteiger partial charge in [0.1, 0.15) is 18.0 Å². The van der Waals surface area contributed by atoms with Crippen molar-refractivity contribution < 1.29 is 14.6 Å². The van der Waals surface area contributed by atoms with Crippen molar-refractivity contribution >= 4 is 34.2 Å². The van der Waals surface area contributed by atoms with E-state index in [0.29, 0.717) is 11.4 Å². The van der Waals surface area contributed by atoms with Crippen LogP contribution in [0.2, 0.25) is 5.02 Å². The molecule has 2 heterocycles. The van der Waals surface area contributed by atoms with Crippen LogP contribution in [0.5, 0.6) is 0 Å². The number of fused-ring (bicyclic) bond motifs is 1. The summed E-state index contributed by atoms with van der Waals surface area (Å²) in [4.78, 5) is 31.0. The van der Waals surface area contributed by atoms with Gasteiger partial charge in [0.2, 0.25) is 5.91 Å². The van der Waals surface area contributed by atoms with Gasteiger partial charge in [-0.25, -0.2) is 9.97 Å². The van der Waals surface area contributed by atoms with Crippen molar-refractivity contribution in [2.45, 2.75) is 51.5 Å². The number of benzene rings is 2. The van der Waals surface area contributed by atoms with Gasteiger partial charge in [-0.1, -0.05) is 54.8 Å². The van der Waals surface area contributed by atoms with Crippen LogP contribution in [0, 0.1) is 0 Å². The Balaban J connectivity index is 1.47. The van der Waals surface area contributed by atoms with E-state index in [0.717, 1.165) is 59.4 Å². The van der Waals surface area contributed by atoms with Gasteiger partial charge < -0.3 is 10.1 Å². The third-order valence-corrected chi connectivity index (χ3v) is 6.10. The van der Waals surface area contributed by atoms with Crippen LogP contribution in [-0.4, -0.2) is 26.9 Å². The molecule has 4 aromatic rings. The first-order valence-electron chi connectivity index (χ1n) is 11.6. The van der Waals surface area contributed by atoms with Gasteiger partial charge >= 0.3 is 0 Å². The van der Waals surface area contributed by atoms with E-state index >= 15 is 0 Å². The molecule has 0 saturated heterocycles. The summed E-state index contributed by atoms with van der Waals surface area (Å²) in [5.41, 5.74) is 3.54. The number of hydrogen-bond donors (Lipinski definition) is 3. The van der Waals surface area contributed by atoms with Gasteiger partial charge in [0.05, 0.1) is 17.6 Å². The van der Waals surface area contributed by atoms with E-state index in [4.69, 9.17) is 11.6 Å². The van der Waals surface area contributed by atoms with Gasteiger partial charge in [-0.05, 0) is 38.0 Å². The fraction of sp³-hybridized carbons (Fsp3) is 0.308.